The zero-order valence-electron chi connectivity index (χ0n) is 20.9. The Morgan fingerprint density at radius 1 is 0.793 bits per heavy atom. The smallest absolute Gasteiger partial charge is 0.152 e. The molecule has 1 N–H and O–H groups in total. The predicted molar refractivity (Wildman–Crippen MR) is 121 cm³/mol. The lowest BCUT2D eigenvalue weighted by molar-refractivity contribution is -0.135. The van der Waals surface area contributed by atoms with Gasteiger partial charge in [-0.15, -0.1) is 0 Å². The summed E-state index contributed by atoms with van der Waals surface area (Å²) in [6, 6.07) is -0.422. The quantitative estimate of drug-likeness (QED) is 0.515. The van der Waals surface area contributed by atoms with Gasteiger partial charge >= 0.3 is 0 Å². The van der Waals surface area contributed by atoms with Crippen LogP contribution in [0.5, 0.6) is 0 Å². The molecule has 29 heavy (non-hydrogen) atoms. The molecule has 0 heterocycles. The van der Waals surface area contributed by atoms with Crippen molar-refractivity contribution in [2.45, 2.75) is 101 Å². The van der Waals surface area contributed by atoms with Gasteiger partial charge in [0.1, 0.15) is 0 Å². The first-order valence-corrected chi connectivity index (χ1v) is 11.0. The molecule has 0 spiro atoms. The maximum Gasteiger partial charge on any atom is 0.152 e. The molecule has 0 aromatic carbocycles. The Labute approximate surface area is 179 Å². The Balaban J connectivity index is 5.63. The first-order chi connectivity index (χ1) is 12.9. The summed E-state index contributed by atoms with van der Waals surface area (Å²) < 4.78 is 0. The molecular formula is C24H46N2O3. The van der Waals surface area contributed by atoms with Gasteiger partial charge in [0, 0.05) is 22.3 Å². The van der Waals surface area contributed by atoms with Gasteiger partial charge in [0.05, 0.1) is 19.1 Å². The lowest BCUT2D eigenvalue weighted by Crippen LogP contribution is -2.51. The van der Waals surface area contributed by atoms with Crippen molar-refractivity contribution in [2.24, 2.45) is 16.7 Å². The van der Waals surface area contributed by atoms with E-state index < -0.39 is 16.9 Å². The Morgan fingerprint density at radius 2 is 1.21 bits per heavy atom. The third-order valence-corrected chi connectivity index (χ3v) is 5.01. The molecular weight excluding hydrogens is 364 g/mol. The largest absolute Gasteiger partial charge is 0.312 e. The maximum atomic E-state index is 13.1. The van der Waals surface area contributed by atoms with Crippen LogP contribution in [-0.4, -0.2) is 53.5 Å². The first kappa shape index (κ1) is 27.9. The Bertz CT molecular complexity index is 532. The molecule has 1 unspecified atom stereocenters. The second-order valence-corrected chi connectivity index (χ2v) is 11.6. The highest BCUT2D eigenvalue weighted by Crippen LogP contribution is 2.22. The topological polar surface area (TPSA) is 66.5 Å². The number of carbonyl (C=O) groups is 3. The standard InChI is InChI=1S/C24H46N2O3/c1-17(2)21(29)18(13-12-14-25-24(9,10)11)26(15-19(27)22(3,4)5)16-20(28)23(6,7)8/h17-18,25H,12-16H2,1-11H3. The van der Waals surface area contributed by atoms with Crippen molar-refractivity contribution in [1.29, 1.82) is 0 Å². The van der Waals surface area contributed by atoms with Gasteiger partial charge < -0.3 is 5.32 Å². The number of nitrogens with zero attached hydrogens (tertiary/aromatic N) is 1. The molecule has 0 rings (SSSR count). The summed E-state index contributed by atoms with van der Waals surface area (Å²) in [6.07, 6.45) is 1.44. The average molecular weight is 411 g/mol. The molecule has 0 aromatic rings. The molecule has 0 bridgehead atoms. The van der Waals surface area contributed by atoms with E-state index in [2.05, 4.69) is 26.1 Å². The van der Waals surface area contributed by atoms with Crippen molar-refractivity contribution in [3.05, 3.63) is 0 Å². The molecule has 0 amide bonds. The van der Waals surface area contributed by atoms with Gasteiger partial charge in [0.2, 0.25) is 0 Å². The Morgan fingerprint density at radius 3 is 1.52 bits per heavy atom. The third-order valence-electron chi connectivity index (χ3n) is 5.01. The van der Waals surface area contributed by atoms with E-state index in [9.17, 15) is 14.4 Å². The normalized spacial score (nSPS) is 14.4. The average Bonchev–Trinajstić information content (AvgIpc) is 2.50. The lowest BCUT2D eigenvalue weighted by atomic mass is 9.87. The molecule has 0 radical (unpaired) electrons. The number of rotatable bonds is 11. The van der Waals surface area contributed by atoms with Crippen LogP contribution in [0.1, 0.15) is 89.0 Å². The van der Waals surface area contributed by atoms with Crippen LogP contribution in [-0.2, 0) is 14.4 Å². The maximum absolute atomic E-state index is 13.1. The molecule has 1 atom stereocenters. The second kappa shape index (κ2) is 10.8. The van der Waals surface area contributed by atoms with E-state index in [0.717, 1.165) is 13.0 Å². The van der Waals surface area contributed by atoms with Crippen molar-refractivity contribution < 1.29 is 14.4 Å². The van der Waals surface area contributed by atoms with Crippen LogP contribution in [0.4, 0.5) is 0 Å². The fraction of sp³-hybridized carbons (Fsp3) is 0.875. The fourth-order valence-electron chi connectivity index (χ4n) is 2.77. The minimum atomic E-state index is -0.512. The van der Waals surface area contributed by atoms with Crippen molar-refractivity contribution >= 4 is 17.3 Å². The highest BCUT2D eigenvalue weighted by molar-refractivity contribution is 5.91. The van der Waals surface area contributed by atoms with Crippen molar-refractivity contribution in [1.82, 2.24) is 10.2 Å². The number of ketones is 3. The van der Waals surface area contributed by atoms with E-state index in [0.29, 0.717) is 6.42 Å². The minimum Gasteiger partial charge on any atom is -0.312 e. The molecule has 170 valence electrons. The van der Waals surface area contributed by atoms with E-state index in [1.807, 2.05) is 60.3 Å². The fourth-order valence-corrected chi connectivity index (χ4v) is 2.77. The van der Waals surface area contributed by atoms with E-state index in [4.69, 9.17) is 0 Å². The Hall–Kier alpha value is -1.07. The third kappa shape index (κ3) is 11.0. The van der Waals surface area contributed by atoms with Crippen LogP contribution < -0.4 is 5.32 Å². The molecule has 5 nitrogen and oxygen atoms in total. The van der Waals surface area contributed by atoms with Gasteiger partial charge in [-0.25, -0.2) is 0 Å². The van der Waals surface area contributed by atoms with Gasteiger partial charge in [0.15, 0.2) is 17.3 Å². The number of hydrogen-bond donors (Lipinski definition) is 1. The number of carbonyl (C=O) groups excluding carboxylic acids is 3. The van der Waals surface area contributed by atoms with E-state index in [1.54, 1.807) is 0 Å². The molecule has 0 saturated heterocycles. The zero-order valence-corrected chi connectivity index (χ0v) is 20.9. The van der Waals surface area contributed by atoms with Crippen LogP contribution in [0.3, 0.4) is 0 Å². The van der Waals surface area contributed by atoms with Crippen LogP contribution in [0, 0.1) is 16.7 Å². The van der Waals surface area contributed by atoms with Crippen molar-refractivity contribution in [3.8, 4) is 0 Å². The first-order valence-electron chi connectivity index (χ1n) is 11.0. The highest BCUT2D eigenvalue weighted by atomic mass is 16.1. The second-order valence-electron chi connectivity index (χ2n) is 11.6. The SMILES string of the molecule is CC(C)C(=O)C(CCCNC(C)(C)C)N(CC(=O)C(C)(C)C)CC(=O)C(C)(C)C. The molecule has 0 aromatic heterocycles. The summed E-state index contributed by atoms with van der Waals surface area (Å²) in [5, 5.41) is 3.45. The van der Waals surface area contributed by atoms with Crippen LogP contribution in [0.25, 0.3) is 0 Å². The molecule has 0 aliphatic carbocycles. The van der Waals surface area contributed by atoms with Gasteiger partial charge in [-0.3, -0.25) is 19.3 Å². The van der Waals surface area contributed by atoms with Crippen LogP contribution >= 0.6 is 0 Å². The minimum absolute atomic E-state index is 0.0155. The number of nitrogens with one attached hydrogen (secondary N) is 1. The Kier molecular flexibility index (Phi) is 10.4. The van der Waals surface area contributed by atoms with E-state index >= 15 is 0 Å². The number of Topliss-reactive ketones (excluding diaryl/α,β-unsaturated/α-hetero) is 3. The molecule has 0 fully saturated rings. The number of hydrogen-bond acceptors (Lipinski definition) is 5. The summed E-state index contributed by atoms with van der Waals surface area (Å²) in [5.41, 5.74) is -1.01. The van der Waals surface area contributed by atoms with Gasteiger partial charge in [0.25, 0.3) is 0 Å². The molecule has 0 aliphatic heterocycles. The van der Waals surface area contributed by atoms with E-state index in [1.165, 1.54) is 0 Å². The lowest BCUT2D eigenvalue weighted by Gasteiger charge is -2.34. The highest BCUT2D eigenvalue weighted by Gasteiger charge is 2.34. The van der Waals surface area contributed by atoms with Gasteiger partial charge in [-0.2, -0.15) is 0 Å². The summed E-state index contributed by atoms with van der Waals surface area (Å²) in [4.78, 5) is 40.5. The van der Waals surface area contributed by atoms with E-state index in [-0.39, 0.29) is 41.9 Å². The predicted octanol–water partition coefficient (Wildman–Crippen LogP) is 4.28. The molecule has 0 aliphatic rings. The molecule has 0 saturated carbocycles. The van der Waals surface area contributed by atoms with Gasteiger partial charge in [-0.05, 0) is 40.2 Å². The monoisotopic (exact) mass is 410 g/mol. The summed E-state index contributed by atoms with van der Waals surface area (Å²) in [5.74, 6) is 0.0545. The van der Waals surface area contributed by atoms with Gasteiger partial charge in [-0.1, -0.05) is 55.4 Å². The van der Waals surface area contributed by atoms with Crippen LogP contribution in [0.2, 0.25) is 0 Å². The van der Waals surface area contributed by atoms with Crippen molar-refractivity contribution in [3.63, 3.8) is 0 Å². The summed E-state index contributed by atoms with van der Waals surface area (Å²) in [7, 11) is 0. The summed E-state index contributed by atoms with van der Waals surface area (Å²) in [6.45, 7) is 22.4. The van der Waals surface area contributed by atoms with Crippen LogP contribution in [0.15, 0.2) is 0 Å². The molecule has 5 heteroatoms. The zero-order chi connectivity index (χ0) is 23.2. The van der Waals surface area contributed by atoms with Crippen molar-refractivity contribution in [2.75, 3.05) is 19.6 Å². The summed E-state index contributed by atoms with van der Waals surface area (Å²) >= 11 is 0.